The highest BCUT2D eigenvalue weighted by molar-refractivity contribution is 5.72. The predicted octanol–water partition coefficient (Wildman–Crippen LogP) is 3.57. The maximum absolute atomic E-state index is 11.6. The lowest BCUT2D eigenvalue weighted by Crippen LogP contribution is -2.26. The number of carbonyl (C=O) groups excluding carboxylic acids is 1. The molecule has 0 radical (unpaired) electrons. The Bertz CT molecular complexity index is 593. The van der Waals surface area contributed by atoms with E-state index in [1.165, 1.54) is 7.11 Å². The molecular formula is C20H30N2O4. The van der Waals surface area contributed by atoms with Crippen LogP contribution in [0.1, 0.15) is 44.9 Å². The molecule has 3 N–H and O–H groups in total. The zero-order valence-electron chi connectivity index (χ0n) is 15.5. The van der Waals surface area contributed by atoms with Gasteiger partial charge in [0.1, 0.15) is 5.75 Å². The molecule has 6 nitrogen and oxygen atoms in total. The van der Waals surface area contributed by atoms with Gasteiger partial charge < -0.3 is 25.3 Å². The lowest BCUT2D eigenvalue weighted by molar-refractivity contribution is -0.146. The molecule has 6 heteroatoms. The SMILES string of the molecule is COC(=O)[C@H]1CC[C@H](CNc2cc(OC3CCCCO3)ccc2N)CC1. The van der Waals surface area contributed by atoms with Gasteiger partial charge in [0.15, 0.2) is 6.29 Å². The van der Waals surface area contributed by atoms with E-state index < -0.39 is 0 Å². The van der Waals surface area contributed by atoms with Crippen LogP contribution in [0.25, 0.3) is 0 Å². The van der Waals surface area contributed by atoms with Crippen molar-refractivity contribution in [1.82, 2.24) is 0 Å². The number of benzene rings is 1. The molecule has 3 rings (SSSR count). The van der Waals surface area contributed by atoms with Gasteiger partial charge in [-0.25, -0.2) is 0 Å². The first-order chi connectivity index (χ1) is 12.7. The van der Waals surface area contributed by atoms with E-state index in [1.807, 2.05) is 18.2 Å². The summed E-state index contributed by atoms with van der Waals surface area (Å²) in [6, 6.07) is 5.71. The first kappa shape index (κ1) is 18.8. The predicted molar refractivity (Wildman–Crippen MR) is 101 cm³/mol. The first-order valence-corrected chi connectivity index (χ1v) is 9.65. The summed E-state index contributed by atoms with van der Waals surface area (Å²) in [5.41, 5.74) is 7.72. The highest BCUT2D eigenvalue weighted by Crippen LogP contribution is 2.31. The van der Waals surface area contributed by atoms with Gasteiger partial charge in [-0.3, -0.25) is 4.79 Å². The van der Waals surface area contributed by atoms with E-state index in [0.717, 1.165) is 69.5 Å². The maximum Gasteiger partial charge on any atom is 0.308 e. The Hall–Kier alpha value is -1.95. The Morgan fingerprint density at radius 2 is 2.04 bits per heavy atom. The molecule has 0 aromatic heterocycles. The summed E-state index contributed by atoms with van der Waals surface area (Å²) < 4.78 is 16.4. The number of rotatable bonds is 6. The summed E-state index contributed by atoms with van der Waals surface area (Å²) in [5, 5.41) is 3.46. The van der Waals surface area contributed by atoms with Crippen LogP contribution in [0, 0.1) is 11.8 Å². The Kier molecular flexibility index (Phi) is 6.61. The van der Waals surface area contributed by atoms with Crippen molar-refractivity contribution in [3.63, 3.8) is 0 Å². The van der Waals surface area contributed by atoms with Crippen LogP contribution in [0.4, 0.5) is 11.4 Å². The highest BCUT2D eigenvalue weighted by atomic mass is 16.7. The molecule has 1 saturated carbocycles. The summed E-state index contributed by atoms with van der Waals surface area (Å²) in [7, 11) is 1.46. The van der Waals surface area contributed by atoms with Crippen molar-refractivity contribution in [2.75, 3.05) is 31.3 Å². The number of hydrogen-bond donors (Lipinski definition) is 2. The van der Waals surface area contributed by atoms with Gasteiger partial charge >= 0.3 is 5.97 Å². The third kappa shape index (κ3) is 5.04. The molecule has 1 atom stereocenters. The van der Waals surface area contributed by atoms with Gasteiger partial charge in [-0.05, 0) is 56.6 Å². The molecule has 2 aliphatic rings. The van der Waals surface area contributed by atoms with Crippen molar-refractivity contribution in [3.05, 3.63) is 18.2 Å². The van der Waals surface area contributed by atoms with E-state index >= 15 is 0 Å². The second-order valence-electron chi connectivity index (χ2n) is 7.28. The molecule has 144 valence electrons. The fraction of sp³-hybridized carbons (Fsp3) is 0.650. The topological polar surface area (TPSA) is 82.8 Å². The average molecular weight is 362 g/mol. The van der Waals surface area contributed by atoms with Crippen molar-refractivity contribution < 1.29 is 19.0 Å². The number of nitrogens with two attached hydrogens (primary N) is 1. The molecule has 1 aromatic rings. The van der Waals surface area contributed by atoms with Crippen LogP contribution in [0.2, 0.25) is 0 Å². The molecule has 26 heavy (non-hydrogen) atoms. The molecule has 1 aromatic carbocycles. The monoisotopic (exact) mass is 362 g/mol. The van der Waals surface area contributed by atoms with Crippen LogP contribution in [-0.4, -0.2) is 32.5 Å². The molecule has 1 aliphatic heterocycles. The van der Waals surface area contributed by atoms with Gasteiger partial charge in [0, 0.05) is 19.0 Å². The van der Waals surface area contributed by atoms with Gasteiger partial charge in [-0.1, -0.05) is 0 Å². The van der Waals surface area contributed by atoms with Crippen LogP contribution >= 0.6 is 0 Å². The zero-order valence-corrected chi connectivity index (χ0v) is 15.5. The highest BCUT2D eigenvalue weighted by Gasteiger charge is 2.26. The van der Waals surface area contributed by atoms with Crippen LogP contribution < -0.4 is 15.8 Å². The smallest absolute Gasteiger partial charge is 0.308 e. The summed E-state index contributed by atoms with van der Waals surface area (Å²) in [4.78, 5) is 11.6. The Morgan fingerprint density at radius 1 is 1.23 bits per heavy atom. The Labute approximate surface area is 155 Å². The number of nitrogens with one attached hydrogen (secondary N) is 1. The lowest BCUT2D eigenvalue weighted by atomic mass is 9.82. The maximum atomic E-state index is 11.6. The number of methoxy groups -OCH3 is 1. The minimum absolute atomic E-state index is 0.0635. The van der Waals surface area contributed by atoms with Crippen molar-refractivity contribution in [1.29, 1.82) is 0 Å². The standard InChI is InChI=1S/C20H30N2O4/c1-24-20(23)15-7-5-14(6-8-15)13-22-18-12-16(9-10-17(18)21)26-19-4-2-3-11-25-19/h9-10,12,14-15,19,22H,2-8,11,13,21H2,1H3/t14-,15-,19?. The fourth-order valence-corrected chi connectivity index (χ4v) is 3.74. The van der Waals surface area contributed by atoms with Crippen molar-refractivity contribution in [3.8, 4) is 5.75 Å². The van der Waals surface area contributed by atoms with E-state index in [9.17, 15) is 4.79 Å². The summed E-state index contributed by atoms with van der Waals surface area (Å²) in [6.45, 7) is 1.61. The molecule has 0 bridgehead atoms. The third-order valence-electron chi connectivity index (χ3n) is 5.39. The summed E-state index contributed by atoms with van der Waals surface area (Å²) in [5.74, 6) is 1.31. The van der Waals surface area contributed by atoms with Gasteiger partial charge in [0.2, 0.25) is 0 Å². The van der Waals surface area contributed by atoms with Crippen molar-refractivity contribution in [2.45, 2.75) is 51.2 Å². The summed E-state index contributed by atoms with van der Waals surface area (Å²) in [6.07, 6.45) is 6.86. The van der Waals surface area contributed by atoms with Gasteiger partial charge in [0.25, 0.3) is 0 Å². The normalized spacial score (nSPS) is 26.1. The van der Waals surface area contributed by atoms with Crippen molar-refractivity contribution in [2.24, 2.45) is 11.8 Å². The minimum Gasteiger partial charge on any atom is -0.469 e. The molecule has 1 aliphatic carbocycles. The minimum atomic E-state index is -0.158. The van der Waals surface area contributed by atoms with E-state index in [4.69, 9.17) is 19.9 Å². The largest absolute Gasteiger partial charge is 0.469 e. The van der Waals surface area contributed by atoms with Gasteiger partial charge in [-0.15, -0.1) is 0 Å². The quantitative estimate of drug-likeness (QED) is 0.595. The fourth-order valence-electron chi connectivity index (χ4n) is 3.74. The molecule has 1 saturated heterocycles. The van der Waals surface area contributed by atoms with Crippen LogP contribution in [0.3, 0.4) is 0 Å². The molecule has 2 fully saturated rings. The lowest BCUT2D eigenvalue weighted by Gasteiger charge is -2.27. The van der Waals surface area contributed by atoms with Crippen molar-refractivity contribution >= 4 is 17.3 Å². The Morgan fingerprint density at radius 3 is 2.73 bits per heavy atom. The van der Waals surface area contributed by atoms with Gasteiger partial charge in [0.05, 0.1) is 31.0 Å². The van der Waals surface area contributed by atoms with E-state index in [-0.39, 0.29) is 18.2 Å². The number of ether oxygens (including phenoxy) is 3. The Balaban J connectivity index is 1.50. The van der Waals surface area contributed by atoms with E-state index in [2.05, 4.69) is 5.32 Å². The zero-order chi connectivity index (χ0) is 18.4. The molecule has 0 amide bonds. The molecular weight excluding hydrogens is 332 g/mol. The van der Waals surface area contributed by atoms with Crippen LogP contribution in [0.5, 0.6) is 5.75 Å². The van der Waals surface area contributed by atoms with E-state index in [1.54, 1.807) is 0 Å². The number of anilines is 2. The van der Waals surface area contributed by atoms with Crippen LogP contribution in [0.15, 0.2) is 18.2 Å². The number of esters is 1. The second-order valence-corrected chi connectivity index (χ2v) is 7.28. The first-order valence-electron chi connectivity index (χ1n) is 9.65. The van der Waals surface area contributed by atoms with Gasteiger partial charge in [-0.2, -0.15) is 0 Å². The molecule has 1 unspecified atom stereocenters. The molecule has 0 spiro atoms. The second kappa shape index (κ2) is 9.12. The third-order valence-corrected chi connectivity index (χ3v) is 5.39. The number of carbonyl (C=O) groups is 1. The number of hydrogen-bond acceptors (Lipinski definition) is 6. The molecule has 1 heterocycles. The van der Waals surface area contributed by atoms with E-state index in [0.29, 0.717) is 11.6 Å². The summed E-state index contributed by atoms with van der Waals surface area (Å²) >= 11 is 0. The average Bonchev–Trinajstić information content (AvgIpc) is 2.69. The van der Waals surface area contributed by atoms with Crippen LogP contribution in [-0.2, 0) is 14.3 Å². The number of nitrogen functional groups attached to an aromatic ring is 1.